The second kappa shape index (κ2) is 2.56. The summed E-state index contributed by atoms with van der Waals surface area (Å²) in [4.78, 5) is 4.37. The summed E-state index contributed by atoms with van der Waals surface area (Å²) in [6, 6.07) is 2.39. The number of nitrogens with zero attached hydrogens (tertiary/aromatic N) is 2. The minimum absolute atomic E-state index is 0.209. The van der Waals surface area contributed by atoms with Gasteiger partial charge in [0.15, 0.2) is 0 Å². The van der Waals surface area contributed by atoms with Gasteiger partial charge in [-0.3, -0.25) is 0 Å². The van der Waals surface area contributed by atoms with Crippen LogP contribution in [0.2, 0.25) is 0 Å². The predicted molar refractivity (Wildman–Crippen MR) is 48.0 cm³/mol. The van der Waals surface area contributed by atoms with Crippen LogP contribution in [0.25, 0.3) is 0 Å². The molecule has 0 saturated heterocycles. The van der Waals surface area contributed by atoms with Crippen LogP contribution in [0.4, 0.5) is 0 Å². The maximum atomic E-state index is 9.02. The number of thiazole rings is 1. The first-order valence-corrected chi connectivity index (χ1v) is 4.99. The molecule has 0 bridgehead atoms. The van der Waals surface area contributed by atoms with Crippen molar-refractivity contribution in [1.82, 2.24) is 4.98 Å². The van der Waals surface area contributed by atoms with Crippen LogP contribution >= 0.6 is 11.3 Å². The van der Waals surface area contributed by atoms with E-state index in [1.807, 2.05) is 12.3 Å². The molecule has 1 aliphatic carbocycles. The van der Waals surface area contributed by atoms with E-state index in [1.165, 1.54) is 6.42 Å². The van der Waals surface area contributed by atoms with Gasteiger partial charge >= 0.3 is 0 Å². The van der Waals surface area contributed by atoms with E-state index in [1.54, 1.807) is 11.3 Å². The van der Waals surface area contributed by atoms with Crippen LogP contribution in [0.1, 0.15) is 30.0 Å². The van der Waals surface area contributed by atoms with Crippen LogP contribution in [-0.4, -0.2) is 4.98 Å². The molecule has 12 heavy (non-hydrogen) atoms. The highest BCUT2D eigenvalue weighted by Crippen LogP contribution is 2.44. The van der Waals surface area contributed by atoms with Crippen molar-refractivity contribution in [3.63, 3.8) is 0 Å². The fourth-order valence-electron chi connectivity index (χ4n) is 1.48. The first-order chi connectivity index (χ1) is 5.77. The molecule has 62 valence electrons. The molecule has 0 N–H and O–H groups in total. The summed E-state index contributed by atoms with van der Waals surface area (Å²) >= 11 is 1.62. The second-order valence-electron chi connectivity index (χ2n) is 3.34. The highest BCUT2D eigenvalue weighted by Gasteiger charge is 2.41. The van der Waals surface area contributed by atoms with Gasteiger partial charge in [-0.25, -0.2) is 4.98 Å². The van der Waals surface area contributed by atoms with Crippen LogP contribution in [0.3, 0.4) is 0 Å². The highest BCUT2D eigenvalue weighted by atomic mass is 32.1. The third-order valence-electron chi connectivity index (χ3n) is 2.45. The maximum absolute atomic E-state index is 9.02. The first-order valence-electron chi connectivity index (χ1n) is 4.11. The van der Waals surface area contributed by atoms with Crippen LogP contribution in [0.5, 0.6) is 0 Å². The fourth-order valence-corrected chi connectivity index (χ4v) is 2.48. The minimum atomic E-state index is -0.209. The Labute approximate surface area is 75.9 Å². The molecule has 1 aliphatic rings. The van der Waals surface area contributed by atoms with Gasteiger partial charge in [0.25, 0.3) is 0 Å². The Hall–Kier alpha value is -0.880. The van der Waals surface area contributed by atoms with Gasteiger partial charge in [0, 0.05) is 11.1 Å². The maximum Gasteiger partial charge on any atom is 0.113 e. The average Bonchev–Trinajstić information content (AvgIpc) is 2.35. The summed E-state index contributed by atoms with van der Waals surface area (Å²) in [6.07, 6.45) is 3.17. The fraction of sp³-hybridized carbons (Fsp3) is 0.556. The number of aromatic nitrogens is 1. The summed E-state index contributed by atoms with van der Waals surface area (Å²) in [5, 5.41) is 12.1. The summed E-state index contributed by atoms with van der Waals surface area (Å²) < 4.78 is 0. The standard InChI is InChI=1S/C9H10N2S/c1-7-5-12-8(11-7)9(6-10)3-2-4-9/h5H,2-4H2,1H3. The Morgan fingerprint density at radius 3 is 2.75 bits per heavy atom. The first kappa shape index (κ1) is 7.75. The number of nitriles is 1. The lowest BCUT2D eigenvalue weighted by atomic mass is 9.70. The minimum Gasteiger partial charge on any atom is -0.245 e. The van der Waals surface area contributed by atoms with Crippen LogP contribution in [-0.2, 0) is 5.41 Å². The smallest absolute Gasteiger partial charge is 0.113 e. The van der Waals surface area contributed by atoms with E-state index < -0.39 is 0 Å². The Kier molecular flexibility index (Phi) is 1.66. The molecule has 2 nitrogen and oxygen atoms in total. The molecular weight excluding hydrogens is 168 g/mol. The van der Waals surface area contributed by atoms with Crippen molar-refractivity contribution in [2.45, 2.75) is 31.6 Å². The van der Waals surface area contributed by atoms with Crippen molar-refractivity contribution in [2.24, 2.45) is 0 Å². The molecule has 1 aromatic rings. The Morgan fingerprint density at radius 2 is 2.42 bits per heavy atom. The van der Waals surface area contributed by atoms with E-state index >= 15 is 0 Å². The topological polar surface area (TPSA) is 36.7 Å². The largest absolute Gasteiger partial charge is 0.245 e. The van der Waals surface area contributed by atoms with Gasteiger partial charge in [-0.1, -0.05) is 0 Å². The lowest BCUT2D eigenvalue weighted by Crippen LogP contribution is -2.32. The van der Waals surface area contributed by atoms with E-state index in [9.17, 15) is 0 Å². The summed E-state index contributed by atoms with van der Waals surface area (Å²) in [5.74, 6) is 0. The summed E-state index contributed by atoms with van der Waals surface area (Å²) in [7, 11) is 0. The number of hydrogen-bond acceptors (Lipinski definition) is 3. The molecule has 1 saturated carbocycles. The lowest BCUT2D eigenvalue weighted by molar-refractivity contribution is 0.322. The molecule has 0 spiro atoms. The summed E-state index contributed by atoms with van der Waals surface area (Å²) in [6.45, 7) is 1.98. The molecule has 1 aromatic heterocycles. The molecule has 0 aromatic carbocycles. The van der Waals surface area contributed by atoms with E-state index in [2.05, 4.69) is 11.1 Å². The molecule has 1 fully saturated rings. The normalized spacial score (nSPS) is 19.7. The molecule has 0 aliphatic heterocycles. The lowest BCUT2D eigenvalue weighted by Gasteiger charge is -2.32. The van der Waals surface area contributed by atoms with Crippen molar-refractivity contribution in [1.29, 1.82) is 5.26 Å². The number of hydrogen-bond donors (Lipinski definition) is 0. The molecule has 1 heterocycles. The highest BCUT2D eigenvalue weighted by molar-refractivity contribution is 7.09. The molecule has 0 amide bonds. The molecule has 0 unspecified atom stereocenters. The van der Waals surface area contributed by atoms with E-state index in [-0.39, 0.29) is 5.41 Å². The third kappa shape index (κ3) is 0.953. The van der Waals surface area contributed by atoms with Crippen molar-refractivity contribution in [3.8, 4) is 6.07 Å². The zero-order valence-electron chi connectivity index (χ0n) is 7.00. The average molecular weight is 178 g/mol. The van der Waals surface area contributed by atoms with Crippen molar-refractivity contribution in [3.05, 3.63) is 16.1 Å². The predicted octanol–water partition coefficient (Wildman–Crippen LogP) is 2.40. The van der Waals surface area contributed by atoms with Gasteiger partial charge in [0.05, 0.1) is 6.07 Å². The third-order valence-corrected chi connectivity index (χ3v) is 3.61. The van der Waals surface area contributed by atoms with E-state index in [0.717, 1.165) is 23.5 Å². The van der Waals surface area contributed by atoms with Gasteiger partial charge in [-0.15, -0.1) is 11.3 Å². The zero-order chi connectivity index (χ0) is 8.60. The Bertz CT molecular complexity index is 331. The van der Waals surface area contributed by atoms with Gasteiger partial charge in [-0.05, 0) is 26.2 Å². The quantitative estimate of drug-likeness (QED) is 0.662. The van der Waals surface area contributed by atoms with Crippen molar-refractivity contribution < 1.29 is 0 Å². The number of aryl methyl sites for hydroxylation is 1. The van der Waals surface area contributed by atoms with Gasteiger partial charge in [-0.2, -0.15) is 5.26 Å². The van der Waals surface area contributed by atoms with Crippen LogP contribution in [0, 0.1) is 18.3 Å². The van der Waals surface area contributed by atoms with E-state index in [4.69, 9.17) is 5.26 Å². The van der Waals surface area contributed by atoms with E-state index in [0.29, 0.717) is 0 Å². The molecule has 0 atom stereocenters. The van der Waals surface area contributed by atoms with Gasteiger partial charge in [0.1, 0.15) is 10.4 Å². The van der Waals surface area contributed by atoms with Gasteiger partial charge < -0.3 is 0 Å². The van der Waals surface area contributed by atoms with Crippen molar-refractivity contribution >= 4 is 11.3 Å². The summed E-state index contributed by atoms with van der Waals surface area (Å²) in [5.41, 5.74) is 0.829. The number of rotatable bonds is 1. The monoisotopic (exact) mass is 178 g/mol. The Morgan fingerprint density at radius 1 is 1.67 bits per heavy atom. The Balaban J connectivity index is 2.35. The van der Waals surface area contributed by atoms with Gasteiger partial charge in [0.2, 0.25) is 0 Å². The molecular formula is C9H10N2S. The zero-order valence-corrected chi connectivity index (χ0v) is 7.82. The second-order valence-corrected chi connectivity index (χ2v) is 4.20. The SMILES string of the molecule is Cc1csc(C2(C#N)CCC2)n1. The van der Waals surface area contributed by atoms with Crippen molar-refractivity contribution in [2.75, 3.05) is 0 Å². The molecule has 3 heteroatoms. The van der Waals surface area contributed by atoms with Crippen LogP contribution < -0.4 is 0 Å². The molecule has 2 rings (SSSR count). The molecule has 0 radical (unpaired) electrons. The van der Waals surface area contributed by atoms with Crippen LogP contribution in [0.15, 0.2) is 5.38 Å².